The summed E-state index contributed by atoms with van der Waals surface area (Å²) in [5.74, 6) is -0.580. The Balaban J connectivity index is 1.78. The molecule has 180 valence electrons. The summed E-state index contributed by atoms with van der Waals surface area (Å²) in [7, 11) is -3.85. The lowest BCUT2D eigenvalue weighted by molar-refractivity contribution is -0.119. The van der Waals surface area contributed by atoms with Crippen molar-refractivity contribution in [1.29, 1.82) is 0 Å². The first-order chi connectivity index (χ1) is 16.1. The van der Waals surface area contributed by atoms with Crippen LogP contribution in [0.25, 0.3) is 0 Å². The Hall–Kier alpha value is -2.79. The van der Waals surface area contributed by atoms with Gasteiger partial charge in [-0.05, 0) is 43.2 Å². The van der Waals surface area contributed by atoms with Crippen LogP contribution in [0.5, 0.6) is 0 Å². The number of nitrogens with one attached hydrogen (secondary N) is 2. The second-order valence-corrected chi connectivity index (χ2v) is 9.89. The quantitative estimate of drug-likeness (QED) is 0.443. The summed E-state index contributed by atoms with van der Waals surface area (Å²) in [6, 6.07) is 9.04. The standard InChI is InChI=1S/C22H23Cl2N5O4S/c1-3-15-7-8-17(28-21(30)14(2)29-22(31)20(24)18(23)13-26-29)12-19(15)34(32,33)27-11-9-16-6-4-5-10-25-16/h4-8,10,12-14,27H,3,9,11H2,1-2H3,(H,28,30)/t14-/m0/s1. The van der Waals surface area contributed by atoms with E-state index < -0.39 is 27.5 Å². The van der Waals surface area contributed by atoms with E-state index in [1.807, 2.05) is 19.1 Å². The summed E-state index contributed by atoms with van der Waals surface area (Å²) < 4.78 is 29.5. The molecular formula is C22H23Cl2N5O4S. The number of halogens is 2. The molecule has 9 nitrogen and oxygen atoms in total. The molecule has 0 aliphatic carbocycles. The van der Waals surface area contributed by atoms with Crippen molar-refractivity contribution >= 4 is 44.8 Å². The second-order valence-electron chi connectivity index (χ2n) is 7.37. The summed E-state index contributed by atoms with van der Waals surface area (Å²) in [5.41, 5.74) is 0.909. The lowest BCUT2D eigenvalue weighted by atomic mass is 10.1. The van der Waals surface area contributed by atoms with Gasteiger partial charge < -0.3 is 5.32 Å². The van der Waals surface area contributed by atoms with Gasteiger partial charge in [0.25, 0.3) is 5.56 Å². The van der Waals surface area contributed by atoms with E-state index in [0.717, 1.165) is 10.4 Å². The van der Waals surface area contributed by atoms with Crippen LogP contribution >= 0.6 is 23.2 Å². The molecule has 0 aliphatic heterocycles. The molecule has 1 aromatic carbocycles. The Morgan fingerprint density at radius 2 is 1.97 bits per heavy atom. The molecular weight excluding hydrogens is 501 g/mol. The van der Waals surface area contributed by atoms with Crippen LogP contribution < -0.4 is 15.6 Å². The lowest BCUT2D eigenvalue weighted by Gasteiger charge is -2.16. The number of hydrogen-bond donors (Lipinski definition) is 2. The van der Waals surface area contributed by atoms with Gasteiger partial charge in [-0.2, -0.15) is 5.10 Å². The highest BCUT2D eigenvalue weighted by molar-refractivity contribution is 7.89. The first kappa shape index (κ1) is 25.8. The number of anilines is 1. The highest BCUT2D eigenvalue weighted by Crippen LogP contribution is 2.23. The lowest BCUT2D eigenvalue weighted by Crippen LogP contribution is -2.33. The van der Waals surface area contributed by atoms with Crippen molar-refractivity contribution in [2.45, 2.75) is 37.6 Å². The van der Waals surface area contributed by atoms with Gasteiger partial charge in [0.15, 0.2) is 0 Å². The van der Waals surface area contributed by atoms with Gasteiger partial charge >= 0.3 is 0 Å². The van der Waals surface area contributed by atoms with Crippen LogP contribution in [0.4, 0.5) is 5.69 Å². The van der Waals surface area contributed by atoms with Crippen LogP contribution in [0.3, 0.4) is 0 Å². The van der Waals surface area contributed by atoms with Crippen LogP contribution in [0, 0.1) is 0 Å². The summed E-state index contributed by atoms with van der Waals surface area (Å²) >= 11 is 11.6. The van der Waals surface area contributed by atoms with E-state index in [4.69, 9.17) is 23.2 Å². The van der Waals surface area contributed by atoms with E-state index in [0.29, 0.717) is 18.4 Å². The second kappa shape index (κ2) is 11.1. The molecule has 0 radical (unpaired) electrons. The zero-order valence-corrected chi connectivity index (χ0v) is 20.8. The average Bonchev–Trinajstić information content (AvgIpc) is 2.82. The van der Waals surface area contributed by atoms with E-state index in [2.05, 4.69) is 20.1 Å². The summed E-state index contributed by atoms with van der Waals surface area (Å²) in [6.45, 7) is 3.47. The first-order valence-corrected chi connectivity index (χ1v) is 12.6. The Kier molecular flexibility index (Phi) is 8.42. The molecule has 3 rings (SSSR count). The number of pyridine rings is 1. The van der Waals surface area contributed by atoms with Crippen molar-refractivity contribution < 1.29 is 13.2 Å². The predicted molar refractivity (Wildman–Crippen MR) is 131 cm³/mol. The number of aryl methyl sites for hydroxylation is 1. The summed E-state index contributed by atoms with van der Waals surface area (Å²) in [6.07, 6.45) is 3.73. The fraction of sp³-hybridized carbons (Fsp3) is 0.273. The zero-order valence-electron chi connectivity index (χ0n) is 18.5. The SMILES string of the molecule is CCc1ccc(NC(=O)[C@H](C)n2ncc(Cl)c(Cl)c2=O)cc1S(=O)(=O)NCCc1ccccn1. The van der Waals surface area contributed by atoms with Gasteiger partial charge in [0, 0.05) is 30.5 Å². The highest BCUT2D eigenvalue weighted by Gasteiger charge is 2.22. The molecule has 0 saturated heterocycles. The van der Waals surface area contributed by atoms with Crippen molar-refractivity contribution in [3.63, 3.8) is 0 Å². The Morgan fingerprint density at radius 1 is 1.21 bits per heavy atom. The fourth-order valence-electron chi connectivity index (χ4n) is 3.17. The first-order valence-electron chi connectivity index (χ1n) is 10.4. The Morgan fingerprint density at radius 3 is 2.65 bits per heavy atom. The number of nitrogens with zero attached hydrogens (tertiary/aromatic N) is 3. The normalized spacial score (nSPS) is 12.4. The minimum atomic E-state index is -3.85. The van der Waals surface area contributed by atoms with Gasteiger partial charge in [0.05, 0.1) is 16.1 Å². The van der Waals surface area contributed by atoms with E-state index in [-0.39, 0.29) is 27.2 Å². The van der Waals surface area contributed by atoms with E-state index in [1.54, 1.807) is 24.4 Å². The number of hydrogen-bond acceptors (Lipinski definition) is 6. The molecule has 0 unspecified atom stereocenters. The third kappa shape index (κ3) is 6.01. The monoisotopic (exact) mass is 523 g/mol. The molecule has 0 spiro atoms. The number of rotatable bonds is 9. The Labute approximate surface area is 207 Å². The number of sulfonamides is 1. The highest BCUT2D eigenvalue weighted by atomic mass is 35.5. The number of amides is 1. The maximum absolute atomic E-state index is 13.0. The molecule has 2 aromatic heterocycles. The van der Waals surface area contributed by atoms with E-state index in [9.17, 15) is 18.0 Å². The van der Waals surface area contributed by atoms with E-state index in [1.165, 1.54) is 19.2 Å². The van der Waals surface area contributed by atoms with Crippen LogP contribution in [0.1, 0.15) is 31.1 Å². The molecule has 1 amide bonds. The van der Waals surface area contributed by atoms with Gasteiger partial charge in [-0.15, -0.1) is 0 Å². The number of benzene rings is 1. The minimum Gasteiger partial charge on any atom is -0.324 e. The van der Waals surface area contributed by atoms with Gasteiger partial charge in [0.1, 0.15) is 11.1 Å². The van der Waals surface area contributed by atoms with Crippen LogP contribution in [0.15, 0.2) is 58.5 Å². The van der Waals surface area contributed by atoms with Crippen molar-refractivity contribution in [2.24, 2.45) is 0 Å². The molecule has 0 saturated carbocycles. The summed E-state index contributed by atoms with van der Waals surface area (Å²) in [5, 5.41) is 6.23. The number of carbonyl (C=O) groups excluding carboxylic acids is 1. The average molecular weight is 524 g/mol. The fourth-order valence-corrected chi connectivity index (χ4v) is 4.80. The van der Waals surface area contributed by atoms with Gasteiger partial charge in [-0.3, -0.25) is 14.6 Å². The van der Waals surface area contributed by atoms with Crippen molar-refractivity contribution in [1.82, 2.24) is 19.5 Å². The predicted octanol–water partition coefficient (Wildman–Crippen LogP) is 3.23. The molecule has 2 N–H and O–H groups in total. The third-order valence-electron chi connectivity index (χ3n) is 5.05. The summed E-state index contributed by atoms with van der Waals surface area (Å²) in [4.78, 5) is 29.3. The molecule has 1 atom stereocenters. The van der Waals surface area contributed by atoms with Crippen molar-refractivity contribution in [3.05, 3.63) is 80.4 Å². The molecule has 34 heavy (non-hydrogen) atoms. The molecule has 2 heterocycles. The molecule has 3 aromatic rings. The largest absolute Gasteiger partial charge is 0.324 e. The van der Waals surface area contributed by atoms with Crippen molar-refractivity contribution in [2.75, 3.05) is 11.9 Å². The minimum absolute atomic E-state index is 0.0175. The molecule has 12 heteroatoms. The number of aromatic nitrogens is 3. The van der Waals surface area contributed by atoms with Crippen LogP contribution in [0.2, 0.25) is 10.0 Å². The molecule has 0 aliphatic rings. The van der Waals surface area contributed by atoms with Gasteiger partial charge in [-0.25, -0.2) is 17.8 Å². The topological polar surface area (TPSA) is 123 Å². The maximum Gasteiger partial charge on any atom is 0.287 e. The molecule has 0 fully saturated rings. The van der Waals surface area contributed by atoms with Gasteiger partial charge in [0.2, 0.25) is 15.9 Å². The zero-order chi connectivity index (χ0) is 24.9. The third-order valence-corrected chi connectivity index (χ3v) is 7.34. The van der Waals surface area contributed by atoms with Crippen molar-refractivity contribution in [3.8, 4) is 0 Å². The smallest absolute Gasteiger partial charge is 0.287 e. The van der Waals surface area contributed by atoms with Crippen LogP contribution in [-0.4, -0.2) is 35.6 Å². The van der Waals surface area contributed by atoms with E-state index >= 15 is 0 Å². The molecule has 0 bridgehead atoms. The maximum atomic E-state index is 13.0. The Bertz CT molecular complexity index is 1350. The number of carbonyl (C=O) groups is 1. The van der Waals surface area contributed by atoms with Crippen LogP contribution in [-0.2, 0) is 27.7 Å². The van der Waals surface area contributed by atoms with Gasteiger partial charge in [-0.1, -0.05) is 42.3 Å².